The molecule has 0 saturated heterocycles. The molecule has 1 aromatic carbocycles. The molecular formula is C13H16N3O2Rb. The van der Waals surface area contributed by atoms with Gasteiger partial charge in [0, 0.05) is 13.5 Å². The van der Waals surface area contributed by atoms with Crippen LogP contribution in [0.25, 0.3) is 5.73 Å². The van der Waals surface area contributed by atoms with Crippen molar-refractivity contribution < 1.29 is 67.8 Å². The zero-order valence-electron chi connectivity index (χ0n) is 11.2. The fourth-order valence-corrected chi connectivity index (χ4v) is 2.35. The van der Waals surface area contributed by atoms with E-state index in [1.54, 1.807) is 12.1 Å². The molecule has 2 amide bonds. The van der Waals surface area contributed by atoms with E-state index in [4.69, 9.17) is 5.73 Å². The van der Waals surface area contributed by atoms with Crippen LogP contribution in [-0.4, -0.2) is 24.9 Å². The quantitative estimate of drug-likeness (QED) is 0.663. The molecule has 1 aromatic rings. The summed E-state index contributed by atoms with van der Waals surface area (Å²) in [6.07, 6.45) is 2.58. The summed E-state index contributed by atoms with van der Waals surface area (Å²) >= 11 is 0. The number of benzene rings is 1. The van der Waals surface area contributed by atoms with Crippen LogP contribution in [0.2, 0.25) is 0 Å². The van der Waals surface area contributed by atoms with Crippen LogP contribution in [0.3, 0.4) is 0 Å². The third kappa shape index (κ3) is 3.87. The molecule has 0 fully saturated rings. The molecule has 1 unspecified atom stereocenters. The number of nitrogens with one attached hydrogen (secondary N) is 3. The Hall–Kier alpha value is -0.235. The average Bonchev–Trinajstić information content (AvgIpc) is 2.38. The second kappa shape index (κ2) is 6.97. The molecule has 0 aliphatic heterocycles. The predicted octanol–water partition coefficient (Wildman–Crippen LogP) is -1.27. The maximum atomic E-state index is 11.4. The van der Waals surface area contributed by atoms with Gasteiger partial charge < -0.3 is 21.2 Å². The third-order valence-electron chi connectivity index (χ3n) is 3.37. The normalized spacial score (nSPS) is 20.7. The Kier molecular flexibility index (Phi) is 6.17. The molecule has 2 rings (SSSR count). The fraction of sp³-hybridized carbons (Fsp3) is 0.385. The predicted molar refractivity (Wildman–Crippen MR) is 68.8 cm³/mol. The van der Waals surface area contributed by atoms with Gasteiger partial charge in [0.25, 0.3) is 0 Å². The van der Waals surface area contributed by atoms with Gasteiger partial charge in [0.1, 0.15) is 11.8 Å². The Morgan fingerprint density at radius 1 is 1.42 bits per heavy atom. The van der Waals surface area contributed by atoms with E-state index in [9.17, 15) is 9.59 Å². The minimum absolute atomic E-state index is 0. The minimum Gasteiger partial charge on any atom is -0.699 e. The second-order valence-corrected chi connectivity index (χ2v) is 4.64. The average molecular weight is 332 g/mol. The van der Waals surface area contributed by atoms with Gasteiger partial charge in [-0.2, -0.15) is 0 Å². The van der Waals surface area contributed by atoms with E-state index < -0.39 is 5.54 Å². The zero-order chi connectivity index (χ0) is 13.2. The van der Waals surface area contributed by atoms with Crippen molar-refractivity contribution in [1.82, 2.24) is 10.6 Å². The van der Waals surface area contributed by atoms with Crippen LogP contribution in [0, 0.1) is 0 Å². The van der Waals surface area contributed by atoms with Crippen molar-refractivity contribution in [1.29, 1.82) is 0 Å². The van der Waals surface area contributed by atoms with Crippen molar-refractivity contribution in [2.24, 2.45) is 0 Å². The van der Waals surface area contributed by atoms with Crippen molar-refractivity contribution in [3.05, 3.63) is 35.1 Å². The summed E-state index contributed by atoms with van der Waals surface area (Å²) in [6, 6.07) is 5.08. The van der Waals surface area contributed by atoms with Crippen LogP contribution >= 0.6 is 0 Å². The van der Waals surface area contributed by atoms with E-state index in [-0.39, 0.29) is 64.2 Å². The Balaban J connectivity index is 0.00000180. The van der Waals surface area contributed by atoms with Crippen LogP contribution in [-0.2, 0) is 17.6 Å². The minimum atomic E-state index is -0.846. The summed E-state index contributed by atoms with van der Waals surface area (Å²) in [5, 5.41) is 5.17. The molecule has 96 valence electrons. The van der Waals surface area contributed by atoms with E-state index in [0.29, 0.717) is 18.5 Å². The standard InChI is InChI=1S/C13H16N3O2.Rb/c1-15-12(18)16-13(8-17)5-4-9-2-3-11(14)6-10(9)7-13;/h2-3,6,8,14H,4-5,7H2,1H3,(H2,15,16,18);/q-1;+1. The molecule has 0 heterocycles. The summed E-state index contributed by atoms with van der Waals surface area (Å²) < 4.78 is 0. The van der Waals surface area contributed by atoms with Crippen LogP contribution in [0.1, 0.15) is 17.5 Å². The molecule has 0 radical (unpaired) electrons. The van der Waals surface area contributed by atoms with Gasteiger partial charge in [-0.25, -0.2) is 4.79 Å². The Morgan fingerprint density at radius 3 is 2.79 bits per heavy atom. The molecule has 19 heavy (non-hydrogen) atoms. The van der Waals surface area contributed by atoms with Crippen molar-refractivity contribution in [3.63, 3.8) is 0 Å². The number of hydrogen-bond acceptors (Lipinski definition) is 2. The topological polar surface area (TPSA) is 82.0 Å². The van der Waals surface area contributed by atoms with Crippen molar-refractivity contribution >= 4 is 18.0 Å². The third-order valence-corrected chi connectivity index (χ3v) is 3.37. The maximum absolute atomic E-state index is 11.4. The number of carbonyl (C=O) groups is 2. The van der Waals surface area contributed by atoms with Crippen molar-refractivity contribution in [3.8, 4) is 0 Å². The number of rotatable bonds is 2. The van der Waals surface area contributed by atoms with Gasteiger partial charge in [-0.05, 0) is 24.0 Å². The van der Waals surface area contributed by atoms with Gasteiger partial charge in [0.05, 0.1) is 0 Å². The first-order chi connectivity index (χ1) is 8.58. The molecule has 3 N–H and O–H groups in total. The van der Waals surface area contributed by atoms with E-state index in [0.717, 1.165) is 23.8 Å². The number of amides is 2. The molecule has 1 aliphatic rings. The monoisotopic (exact) mass is 331 g/mol. The first-order valence-corrected chi connectivity index (χ1v) is 5.88. The molecule has 0 bridgehead atoms. The van der Waals surface area contributed by atoms with Gasteiger partial charge in [0.15, 0.2) is 0 Å². The fourth-order valence-electron chi connectivity index (χ4n) is 2.35. The largest absolute Gasteiger partial charge is 1.00 e. The summed E-state index contributed by atoms with van der Waals surface area (Å²) in [7, 11) is 1.52. The number of fused-ring (bicyclic) bond motifs is 1. The van der Waals surface area contributed by atoms with Gasteiger partial charge >= 0.3 is 64.2 Å². The number of carbonyl (C=O) groups excluding carboxylic acids is 2. The molecule has 0 aromatic heterocycles. The van der Waals surface area contributed by atoms with Gasteiger partial charge in [0.2, 0.25) is 0 Å². The van der Waals surface area contributed by atoms with Gasteiger partial charge in [-0.3, -0.25) is 0 Å². The Bertz CT molecular complexity index is 493. The number of hydrogen-bond donors (Lipinski definition) is 2. The summed E-state index contributed by atoms with van der Waals surface area (Å²) in [5.74, 6) is 0. The van der Waals surface area contributed by atoms with Gasteiger partial charge in [-0.15, -0.1) is 5.69 Å². The summed E-state index contributed by atoms with van der Waals surface area (Å²) in [4.78, 5) is 22.7. The van der Waals surface area contributed by atoms with Crippen LogP contribution < -0.4 is 68.8 Å². The molecule has 0 spiro atoms. The van der Waals surface area contributed by atoms with Crippen molar-refractivity contribution in [2.75, 3.05) is 7.05 Å². The Labute approximate surface area is 161 Å². The summed E-state index contributed by atoms with van der Waals surface area (Å²) in [5.41, 5.74) is 9.32. The molecule has 1 aliphatic carbocycles. The SMILES string of the molecule is CNC(=O)NC1(C=O)CCc2ccc([NH-])cc2C1.[Rb+]. The van der Waals surface area contributed by atoms with E-state index in [1.807, 2.05) is 6.07 Å². The second-order valence-electron chi connectivity index (χ2n) is 4.64. The first-order valence-electron chi connectivity index (χ1n) is 5.88. The number of urea groups is 1. The zero-order valence-corrected chi connectivity index (χ0v) is 16.2. The number of aryl methyl sites for hydroxylation is 1. The molecule has 6 heteroatoms. The maximum Gasteiger partial charge on any atom is 1.00 e. The molecule has 0 saturated carbocycles. The molecule has 5 nitrogen and oxygen atoms in total. The van der Waals surface area contributed by atoms with Crippen molar-refractivity contribution in [2.45, 2.75) is 24.8 Å². The smallest absolute Gasteiger partial charge is 0.699 e. The first kappa shape index (κ1) is 16.8. The van der Waals surface area contributed by atoms with Crippen LogP contribution in [0.5, 0.6) is 0 Å². The Morgan fingerprint density at radius 2 is 2.16 bits per heavy atom. The van der Waals surface area contributed by atoms with E-state index in [2.05, 4.69) is 10.6 Å². The molecular weight excluding hydrogens is 316 g/mol. The van der Waals surface area contributed by atoms with E-state index in [1.165, 1.54) is 7.05 Å². The van der Waals surface area contributed by atoms with E-state index >= 15 is 0 Å². The van der Waals surface area contributed by atoms with Crippen LogP contribution in [0.15, 0.2) is 18.2 Å². The molecule has 1 atom stereocenters. The summed E-state index contributed by atoms with van der Waals surface area (Å²) in [6.45, 7) is 0. The number of aldehydes is 1. The van der Waals surface area contributed by atoms with Gasteiger partial charge in [-0.1, -0.05) is 18.2 Å². The van der Waals surface area contributed by atoms with Crippen LogP contribution in [0.4, 0.5) is 10.5 Å².